The Morgan fingerprint density at radius 3 is 2.67 bits per heavy atom. The van der Waals surface area contributed by atoms with Crippen LogP contribution in [0.2, 0.25) is 0 Å². The minimum atomic E-state index is -0.883. The maximum absolute atomic E-state index is 10.9. The number of carboxylic acids is 1. The van der Waals surface area contributed by atoms with Crippen LogP contribution >= 0.6 is 0 Å². The first kappa shape index (κ1) is 12.6. The highest BCUT2D eigenvalue weighted by molar-refractivity contribution is 5.92. The highest BCUT2D eigenvalue weighted by atomic mass is 16.5. The number of benzene rings is 1. The molecule has 0 radical (unpaired) electrons. The van der Waals surface area contributed by atoms with Crippen molar-refractivity contribution in [2.24, 2.45) is 0 Å². The van der Waals surface area contributed by atoms with Crippen LogP contribution in [0.25, 0.3) is 6.08 Å². The fourth-order valence-corrected chi connectivity index (χ4v) is 2.00. The van der Waals surface area contributed by atoms with Crippen molar-refractivity contribution >= 4 is 17.7 Å². The third-order valence-electron chi connectivity index (χ3n) is 3.00. The Kier molecular flexibility index (Phi) is 3.99. The Hall–Kier alpha value is -1.81. The van der Waals surface area contributed by atoms with Gasteiger partial charge in [0.2, 0.25) is 0 Å². The van der Waals surface area contributed by atoms with Gasteiger partial charge in [-0.05, 0) is 24.6 Å². The lowest BCUT2D eigenvalue weighted by molar-refractivity contribution is -0.132. The average molecular weight is 247 g/mol. The Labute approximate surface area is 106 Å². The monoisotopic (exact) mass is 247 g/mol. The first-order chi connectivity index (χ1) is 8.68. The Morgan fingerprint density at radius 1 is 1.33 bits per heavy atom. The summed E-state index contributed by atoms with van der Waals surface area (Å²) in [5.41, 5.74) is 2.36. The van der Waals surface area contributed by atoms with Crippen LogP contribution in [0.4, 0.5) is 5.69 Å². The Bertz CT molecular complexity index is 462. The molecule has 0 bridgehead atoms. The minimum absolute atomic E-state index is 0.343. The molecule has 1 fully saturated rings. The molecule has 0 aromatic heterocycles. The second kappa shape index (κ2) is 5.69. The van der Waals surface area contributed by atoms with Gasteiger partial charge in [0.1, 0.15) is 0 Å². The first-order valence-corrected chi connectivity index (χ1v) is 6.02. The molecule has 0 saturated carbocycles. The SMILES string of the molecule is C/C(=C\c1ccccc1N1CCOCC1)C(=O)O. The molecule has 0 spiro atoms. The molecule has 0 aliphatic carbocycles. The molecule has 4 heteroatoms. The second-order valence-corrected chi connectivity index (χ2v) is 4.29. The van der Waals surface area contributed by atoms with Gasteiger partial charge in [0.15, 0.2) is 0 Å². The van der Waals surface area contributed by atoms with E-state index in [1.807, 2.05) is 24.3 Å². The van der Waals surface area contributed by atoms with Gasteiger partial charge in [-0.15, -0.1) is 0 Å². The van der Waals surface area contributed by atoms with Gasteiger partial charge in [-0.2, -0.15) is 0 Å². The summed E-state index contributed by atoms with van der Waals surface area (Å²) < 4.78 is 5.33. The highest BCUT2D eigenvalue weighted by Gasteiger charge is 2.13. The fraction of sp³-hybridized carbons (Fsp3) is 0.357. The van der Waals surface area contributed by atoms with E-state index in [0.717, 1.165) is 37.6 Å². The number of ether oxygens (including phenoxy) is 1. The van der Waals surface area contributed by atoms with E-state index in [0.29, 0.717) is 5.57 Å². The van der Waals surface area contributed by atoms with Crippen LogP contribution < -0.4 is 4.90 Å². The van der Waals surface area contributed by atoms with E-state index < -0.39 is 5.97 Å². The number of para-hydroxylation sites is 1. The van der Waals surface area contributed by atoms with Crippen molar-refractivity contribution in [2.75, 3.05) is 31.2 Å². The number of hydrogen-bond acceptors (Lipinski definition) is 3. The Balaban J connectivity index is 2.30. The number of aliphatic carboxylic acids is 1. The van der Waals surface area contributed by atoms with Crippen LogP contribution in [-0.4, -0.2) is 37.4 Å². The predicted molar refractivity (Wildman–Crippen MR) is 70.8 cm³/mol. The van der Waals surface area contributed by atoms with E-state index >= 15 is 0 Å². The smallest absolute Gasteiger partial charge is 0.331 e. The molecule has 96 valence electrons. The molecule has 0 unspecified atom stereocenters. The summed E-state index contributed by atoms with van der Waals surface area (Å²) in [5.74, 6) is -0.883. The number of anilines is 1. The van der Waals surface area contributed by atoms with Crippen molar-refractivity contribution in [3.05, 3.63) is 35.4 Å². The van der Waals surface area contributed by atoms with Gasteiger partial charge < -0.3 is 14.7 Å². The molecule has 1 aromatic rings. The molecule has 1 N–H and O–H groups in total. The van der Waals surface area contributed by atoms with Crippen LogP contribution in [0.1, 0.15) is 12.5 Å². The molecule has 1 heterocycles. The summed E-state index contributed by atoms with van der Waals surface area (Å²) in [5, 5.41) is 8.94. The summed E-state index contributed by atoms with van der Waals surface area (Å²) in [6.45, 7) is 4.73. The van der Waals surface area contributed by atoms with Crippen LogP contribution in [0.15, 0.2) is 29.8 Å². The van der Waals surface area contributed by atoms with Gasteiger partial charge in [0, 0.05) is 24.4 Å². The van der Waals surface area contributed by atoms with Crippen molar-refractivity contribution in [1.82, 2.24) is 0 Å². The topological polar surface area (TPSA) is 49.8 Å². The number of nitrogens with zero attached hydrogens (tertiary/aromatic N) is 1. The molecule has 0 amide bonds. The van der Waals surface area contributed by atoms with Gasteiger partial charge in [-0.1, -0.05) is 18.2 Å². The van der Waals surface area contributed by atoms with Gasteiger partial charge in [0.05, 0.1) is 13.2 Å². The van der Waals surface area contributed by atoms with E-state index in [1.165, 1.54) is 0 Å². The molecular weight excluding hydrogens is 230 g/mol. The molecule has 1 aliphatic rings. The normalized spacial score (nSPS) is 16.7. The van der Waals surface area contributed by atoms with Crippen molar-refractivity contribution in [3.8, 4) is 0 Å². The molecule has 1 aromatic carbocycles. The lowest BCUT2D eigenvalue weighted by atomic mass is 10.1. The van der Waals surface area contributed by atoms with Gasteiger partial charge in [-0.3, -0.25) is 0 Å². The van der Waals surface area contributed by atoms with Gasteiger partial charge >= 0.3 is 5.97 Å². The molecule has 4 nitrogen and oxygen atoms in total. The number of hydrogen-bond donors (Lipinski definition) is 1. The Morgan fingerprint density at radius 2 is 2.00 bits per heavy atom. The van der Waals surface area contributed by atoms with E-state index in [2.05, 4.69) is 4.90 Å². The summed E-state index contributed by atoms with van der Waals surface area (Å²) in [6, 6.07) is 7.85. The summed E-state index contributed by atoms with van der Waals surface area (Å²) >= 11 is 0. The van der Waals surface area contributed by atoms with Crippen molar-refractivity contribution in [3.63, 3.8) is 0 Å². The molecule has 18 heavy (non-hydrogen) atoms. The molecule has 1 aliphatic heterocycles. The molecule has 1 saturated heterocycles. The quantitative estimate of drug-likeness (QED) is 0.830. The van der Waals surface area contributed by atoms with Crippen LogP contribution in [0.5, 0.6) is 0 Å². The van der Waals surface area contributed by atoms with Crippen LogP contribution in [-0.2, 0) is 9.53 Å². The summed E-state index contributed by atoms with van der Waals surface area (Å²) in [4.78, 5) is 13.1. The van der Waals surface area contributed by atoms with Crippen LogP contribution in [0.3, 0.4) is 0 Å². The predicted octanol–water partition coefficient (Wildman–Crippen LogP) is 2.01. The average Bonchev–Trinajstić information content (AvgIpc) is 2.40. The van der Waals surface area contributed by atoms with E-state index in [4.69, 9.17) is 9.84 Å². The molecule has 0 atom stereocenters. The molecular formula is C14H17NO3. The standard InChI is InChI=1S/C14H17NO3/c1-11(14(16)17)10-12-4-2-3-5-13(12)15-6-8-18-9-7-15/h2-5,10H,6-9H2,1H3,(H,16,17)/b11-10+. The number of morpholine rings is 1. The van der Waals surface area contributed by atoms with Crippen molar-refractivity contribution in [1.29, 1.82) is 0 Å². The lowest BCUT2D eigenvalue weighted by Gasteiger charge is -2.30. The third-order valence-corrected chi connectivity index (χ3v) is 3.00. The summed E-state index contributed by atoms with van der Waals surface area (Å²) in [7, 11) is 0. The highest BCUT2D eigenvalue weighted by Crippen LogP contribution is 2.23. The third kappa shape index (κ3) is 2.90. The maximum Gasteiger partial charge on any atom is 0.331 e. The first-order valence-electron chi connectivity index (χ1n) is 6.02. The number of carboxylic acid groups (broad SMARTS) is 1. The number of rotatable bonds is 3. The second-order valence-electron chi connectivity index (χ2n) is 4.29. The summed E-state index contributed by atoms with van der Waals surface area (Å²) in [6.07, 6.45) is 1.72. The van der Waals surface area contributed by atoms with Crippen molar-refractivity contribution in [2.45, 2.75) is 6.92 Å². The number of carbonyl (C=O) groups is 1. The van der Waals surface area contributed by atoms with Gasteiger partial charge in [0.25, 0.3) is 0 Å². The lowest BCUT2D eigenvalue weighted by Crippen LogP contribution is -2.36. The maximum atomic E-state index is 10.9. The van der Waals surface area contributed by atoms with Crippen LogP contribution in [0, 0.1) is 0 Å². The van der Waals surface area contributed by atoms with E-state index in [-0.39, 0.29) is 0 Å². The zero-order valence-electron chi connectivity index (χ0n) is 10.4. The molecule has 2 rings (SSSR count). The zero-order valence-corrected chi connectivity index (χ0v) is 10.4. The van der Waals surface area contributed by atoms with Gasteiger partial charge in [-0.25, -0.2) is 4.79 Å². The van der Waals surface area contributed by atoms with E-state index in [1.54, 1.807) is 13.0 Å². The zero-order chi connectivity index (χ0) is 13.0. The van der Waals surface area contributed by atoms with E-state index in [9.17, 15) is 4.79 Å². The minimum Gasteiger partial charge on any atom is -0.478 e. The van der Waals surface area contributed by atoms with Crippen molar-refractivity contribution < 1.29 is 14.6 Å². The fourth-order valence-electron chi connectivity index (χ4n) is 2.00. The largest absolute Gasteiger partial charge is 0.478 e.